The summed E-state index contributed by atoms with van der Waals surface area (Å²) in [5.41, 5.74) is 6.66. The molecule has 0 spiro atoms. The van der Waals surface area contributed by atoms with Gasteiger partial charge in [-0.05, 0) is 18.3 Å². The third kappa shape index (κ3) is 4.96. The van der Waals surface area contributed by atoms with Crippen molar-refractivity contribution in [3.63, 3.8) is 0 Å². The fourth-order valence-corrected chi connectivity index (χ4v) is 2.46. The van der Waals surface area contributed by atoms with E-state index in [1.54, 1.807) is 4.68 Å². The maximum atomic E-state index is 12.3. The topological polar surface area (TPSA) is 60.9 Å². The third-order valence-corrected chi connectivity index (χ3v) is 3.09. The number of nitrogens with two attached hydrogens (primary N) is 1. The minimum Gasteiger partial charge on any atom is -0.327 e. The highest BCUT2D eigenvalue weighted by atomic mass is 35.5. The van der Waals surface area contributed by atoms with Gasteiger partial charge < -0.3 is 5.73 Å². The number of ketones is 1. The number of nitrogens with zero attached hydrogens (tertiary/aromatic N) is 2. The summed E-state index contributed by atoms with van der Waals surface area (Å²) >= 11 is 6.05. The maximum absolute atomic E-state index is 12.3. The van der Waals surface area contributed by atoms with Gasteiger partial charge in [0.05, 0.1) is 11.2 Å². The predicted octanol–water partition coefficient (Wildman–Crippen LogP) is 3.28. The lowest BCUT2D eigenvalue weighted by molar-refractivity contribution is 0.0957. The van der Waals surface area contributed by atoms with Gasteiger partial charge in [-0.2, -0.15) is 5.10 Å². The molecule has 0 amide bonds. The summed E-state index contributed by atoms with van der Waals surface area (Å²) in [5.74, 6) is -0.0206. The van der Waals surface area contributed by atoms with Crippen molar-refractivity contribution in [3.8, 4) is 0 Å². The van der Waals surface area contributed by atoms with Crippen molar-refractivity contribution >= 4 is 17.4 Å². The molecule has 1 heterocycles. The quantitative estimate of drug-likeness (QED) is 0.816. The Morgan fingerprint density at radius 3 is 2.68 bits per heavy atom. The SMILES string of the molecule is CCCn1ncc(Cl)c1C(=O)CC(N)CC(C)(C)C. The number of aryl methyl sites for hydroxylation is 1. The van der Waals surface area contributed by atoms with Crippen LogP contribution in [0.15, 0.2) is 6.20 Å². The number of rotatable bonds is 6. The van der Waals surface area contributed by atoms with Gasteiger partial charge in [-0.1, -0.05) is 39.3 Å². The number of Topliss-reactive ketones (excluding diaryl/α,β-unsaturated/α-hetero) is 1. The van der Waals surface area contributed by atoms with Gasteiger partial charge in [0.25, 0.3) is 0 Å². The van der Waals surface area contributed by atoms with Crippen molar-refractivity contribution in [2.24, 2.45) is 11.1 Å². The molecule has 0 bridgehead atoms. The molecule has 0 aliphatic carbocycles. The van der Waals surface area contributed by atoms with Crippen LogP contribution in [-0.4, -0.2) is 21.6 Å². The second-order valence-electron chi connectivity index (χ2n) is 6.22. The van der Waals surface area contributed by atoms with Gasteiger partial charge in [0.1, 0.15) is 5.69 Å². The number of halogens is 1. The first-order valence-electron chi connectivity index (χ1n) is 6.74. The summed E-state index contributed by atoms with van der Waals surface area (Å²) in [6.07, 6.45) is 3.55. The number of hydrogen-bond acceptors (Lipinski definition) is 3. The van der Waals surface area contributed by atoms with E-state index in [2.05, 4.69) is 25.9 Å². The molecule has 1 atom stereocenters. The minimum absolute atomic E-state index is 0.0206. The van der Waals surface area contributed by atoms with Crippen LogP contribution in [0.5, 0.6) is 0 Å². The fraction of sp³-hybridized carbons (Fsp3) is 0.714. The number of hydrogen-bond donors (Lipinski definition) is 1. The first kappa shape index (κ1) is 16.2. The van der Waals surface area contributed by atoms with Crippen LogP contribution in [0.2, 0.25) is 5.02 Å². The highest BCUT2D eigenvalue weighted by molar-refractivity contribution is 6.33. The molecule has 1 aromatic rings. The zero-order chi connectivity index (χ0) is 14.6. The molecule has 4 nitrogen and oxygen atoms in total. The smallest absolute Gasteiger partial charge is 0.183 e. The molecule has 108 valence electrons. The van der Waals surface area contributed by atoms with E-state index in [0.29, 0.717) is 23.7 Å². The van der Waals surface area contributed by atoms with Gasteiger partial charge in [0.15, 0.2) is 5.78 Å². The van der Waals surface area contributed by atoms with Crippen molar-refractivity contribution in [2.45, 2.75) is 59.5 Å². The van der Waals surface area contributed by atoms with E-state index in [4.69, 9.17) is 17.3 Å². The first-order chi connectivity index (χ1) is 8.74. The standard InChI is InChI=1S/C14H24ClN3O/c1-5-6-18-13(11(15)9-17-18)12(19)7-10(16)8-14(2,3)4/h9-10H,5-8,16H2,1-4H3. The van der Waals surface area contributed by atoms with E-state index in [9.17, 15) is 4.79 Å². The van der Waals surface area contributed by atoms with Crippen LogP contribution in [-0.2, 0) is 6.54 Å². The second kappa shape index (κ2) is 6.53. The lowest BCUT2D eigenvalue weighted by Gasteiger charge is -2.22. The predicted molar refractivity (Wildman–Crippen MR) is 78.5 cm³/mol. The average Bonchev–Trinajstić information content (AvgIpc) is 2.57. The van der Waals surface area contributed by atoms with Gasteiger partial charge in [-0.3, -0.25) is 9.48 Å². The zero-order valence-electron chi connectivity index (χ0n) is 12.2. The minimum atomic E-state index is -0.145. The number of carbonyl (C=O) groups excluding carboxylic acids is 1. The van der Waals surface area contributed by atoms with E-state index in [1.165, 1.54) is 6.20 Å². The van der Waals surface area contributed by atoms with E-state index in [-0.39, 0.29) is 17.2 Å². The van der Waals surface area contributed by atoms with Crippen LogP contribution in [0, 0.1) is 5.41 Å². The first-order valence-corrected chi connectivity index (χ1v) is 7.12. The van der Waals surface area contributed by atoms with Crippen molar-refractivity contribution in [1.29, 1.82) is 0 Å². The molecule has 0 aromatic carbocycles. The van der Waals surface area contributed by atoms with Gasteiger partial charge in [-0.15, -0.1) is 0 Å². The van der Waals surface area contributed by atoms with E-state index in [0.717, 1.165) is 12.8 Å². The van der Waals surface area contributed by atoms with Crippen LogP contribution >= 0.6 is 11.6 Å². The summed E-state index contributed by atoms with van der Waals surface area (Å²) in [7, 11) is 0. The monoisotopic (exact) mass is 285 g/mol. The Labute approximate surface area is 120 Å². The molecule has 1 rings (SSSR count). The third-order valence-electron chi connectivity index (χ3n) is 2.82. The molecular formula is C14H24ClN3O. The normalized spacial score (nSPS) is 13.6. The lowest BCUT2D eigenvalue weighted by atomic mass is 9.86. The molecule has 2 N–H and O–H groups in total. The highest BCUT2D eigenvalue weighted by Gasteiger charge is 2.22. The average molecular weight is 286 g/mol. The van der Waals surface area contributed by atoms with E-state index >= 15 is 0 Å². The molecule has 0 radical (unpaired) electrons. The van der Waals surface area contributed by atoms with Crippen LogP contribution in [0.25, 0.3) is 0 Å². The lowest BCUT2D eigenvalue weighted by Crippen LogP contribution is -2.29. The van der Waals surface area contributed by atoms with Crippen molar-refractivity contribution < 1.29 is 4.79 Å². The maximum Gasteiger partial charge on any atom is 0.183 e. The molecule has 0 aliphatic heterocycles. The Kier molecular flexibility index (Phi) is 5.56. The zero-order valence-corrected chi connectivity index (χ0v) is 13.0. The van der Waals surface area contributed by atoms with Crippen LogP contribution in [0.3, 0.4) is 0 Å². The largest absolute Gasteiger partial charge is 0.327 e. The molecule has 1 aromatic heterocycles. The molecule has 0 saturated heterocycles. The summed E-state index contributed by atoms with van der Waals surface area (Å²) < 4.78 is 1.68. The van der Waals surface area contributed by atoms with Crippen LogP contribution in [0.1, 0.15) is 57.4 Å². The van der Waals surface area contributed by atoms with Crippen LogP contribution < -0.4 is 5.73 Å². The van der Waals surface area contributed by atoms with Crippen molar-refractivity contribution in [1.82, 2.24) is 9.78 Å². The highest BCUT2D eigenvalue weighted by Crippen LogP contribution is 2.23. The Hall–Kier alpha value is -0.870. The Morgan fingerprint density at radius 2 is 2.16 bits per heavy atom. The van der Waals surface area contributed by atoms with Gasteiger partial charge in [0.2, 0.25) is 0 Å². The number of carbonyl (C=O) groups is 1. The Bertz CT molecular complexity index is 434. The fourth-order valence-electron chi connectivity index (χ4n) is 2.21. The number of aromatic nitrogens is 2. The van der Waals surface area contributed by atoms with Crippen molar-refractivity contribution in [2.75, 3.05) is 0 Å². The molecule has 0 fully saturated rings. The Balaban J connectivity index is 2.75. The Morgan fingerprint density at radius 1 is 1.53 bits per heavy atom. The summed E-state index contributed by atoms with van der Waals surface area (Å²) in [5, 5.41) is 4.55. The van der Waals surface area contributed by atoms with Gasteiger partial charge in [-0.25, -0.2) is 0 Å². The second-order valence-corrected chi connectivity index (χ2v) is 6.62. The van der Waals surface area contributed by atoms with Crippen LogP contribution in [0.4, 0.5) is 0 Å². The molecule has 1 unspecified atom stereocenters. The summed E-state index contributed by atoms with van der Waals surface area (Å²) in [6, 6.07) is -0.145. The molecule has 0 aliphatic rings. The van der Waals surface area contributed by atoms with Gasteiger partial charge >= 0.3 is 0 Å². The molecule has 19 heavy (non-hydrogen) atoms. The van der Waals surface area contributed by atoms with Gasteiger partial charge in [0, 0.05) is 19.0 Å². The molecule has 0 saturated carbocycles. The summed E-state index contributed by atoms with van der Waals surface area (Å²) in [6.45, 7) is 9.08. The van der Waals surface area contributed by atoms with E-state index in [1.807, 2.05) is 6.92 Å². The van der Waals surface area contributed by atoms with Crippen molar-refractivity contribution in [3.05, 3.63) is 16.9 Å². The summed E-state index contributed by atoms with van der Waals surface area (Å²) in [4.78, 5) is 12.3. The molecule has 5 heteroatoms. The van der Waals surface area contributed by atoms with E-state index < -0.39 is 0 Å². The molecular weight excluding hydrogens is 262 g/mol.